The van der Waals surface area contributed by atoms with Gasteiger partial charge in [0.25, 0.3) is 5.78 Å². The van der Waals surface area contributed by atoms with E-state index < -0.39 is 23.5 Å². The van der Waals surface area contributed by atoms with E-state index in [9.17, 15) is 19.1 Å². The Kier molecular flexibility index (Phi) is 4.29. The van der Waals surface area contributed by atoms with Crippen LogP contribution in [0.4, 0.5) is 9.52 Å². The molecular weight excluding hydrogens is 367 g/mol. The first-order chi connectivity index (χ1) is 13.1. The molecule has 2 heterocycles. The van der Waals surface area contributed by atoms with Gasteiger partial charge in [-0.15, -0.1) is 11.3 Å². The Labute approximate surface area is 158 Å². The third-order valence-electron chi connectivity index (χ3n) is 4.30. The number of aromatic nitrogens is 1. The number of anilines is 1. The van der Waals surface area contributed by atoms with Crippen molar-refractivity contribution in [1.29, 1.82) is 0 Å². The number of thiazole rings is 1. The van der Waals surface area contributed by atoms with Gasteiger partial charge in [0, 0.05) is 17.1 Å². The first kappa shape index (κ1) is 17.1. The lowest BCUT2D eigenvalue weighted by Gasteiger charge is -2.22. The maximum atomic E-state index is 13.4. The van der Waals surface area contributed by atoms with Crippen LogP contribution in [-0.4, -0.2) is 21.8 Å². The number of amides is 1. The monoisotopic (exact) mass is 380 g/mol. The summed E-state index contributed by atoms with van der Waals surface area (Å²) < 4.78 is 13.4. The summed E-state index contributed by atoms with van der Waals surface area (Å²) in [6, 6.07) is 13.1. The van der Waals surface area contributed by atoms with E-state index in [1.165, 1.54) is 46.7 Å². The molecule has 0 saturated carbocycles. The van der Waals surface area contributed by atoms with E-state index >= 15 is 0 Å². The SMILES string of the molecule is O=C1C(=O)N(c2nccs2)C(c2ccc(F)cc2)/C1=C(/O)c1ccccc1. The average Bonchev–Trinajstić information content (AvgIpc) is 3.30. The minimum absolute atomic E-state index is 0.0481. The molecule has 1 saturated heterocycles. The number of nitrogens with zero attached hydrogens (tertiary/aromatic N) is 2. The zero-order valence-electron chi connectivity index (χ0n) is 13.9. The first-order valence-corrected chi connectivity index (χ1v) is 8.97. The fraction of sp³-hybridized carbons (Fsp3) is 0.0500. The number of Topliss-reactive ketones (excluding diaryl/α,β-unsaturated/α-hetero) is 1. The van der Waals surface area contributed by atoms with Gasteiger partial charge in [0.1, 0.15) is 11.6 Å². The molecule has 3 aromatic rings. The number of carbonyl (C=O) groups excluding carboxylic acids is 2. The van der Waals surface area contributed by atoms with Crippen molar-refractivity contribution in [1.82, 2.24) is 4.98 Å². The van der Waals surface area contributed by atoms with E-state index in [0.717, 1.165) is 0 Å². The van der Waals surface area contributed by atoms with Crippen LogP contribution in [0, 0.1) is 5.82 Å². The second-order valence-electron chi connectivity index (χ2n) is 5.90. The zero-order chi connectivity index (χ0) is 19.0. The molecule has 1 N–H and O–H groups in total. The van der Waals surface area contributed by atoms with Gasteiger partial charge in [-0.05, 0) is 17.7 Å². The summed E-state index contributed by atoms with van der Waals surface area (Å²) in [5, 5.41) is 12.8. The third-order valence-corrected chi connectivity index (χ3v) is 5.07. The molecule has 1 aromatic heterocycles. The van der Waals surface area contributed by atoms with Crippen LogP contribution in [-0.2, 0) is 9.59 Å². The number of ketones is 1. The number of hydrogen-bond donors (Lipinski definition) is 1. The average molecular weight is 380 g/mol. The maximum absolute atomic E-state index is 13.4. The van der Waals surface area contributed by atoms with Crippen LogP contribution in [0.3, 0.4) is 0 Å². The Hall–Kier alpha value is -3.32. The molecule has 1 aliphatic heterocycles. The number of hydrogen-bond acceptors (Lipinski definition) is 5. The second kappa shape index (κ2) is 6.77. The quantitative estimate of drug-likeness (QED) is 0.425. The van der Waals surface area contributed by atoms with Crippen molar-refractivity contribution in [2.45, 2.75) is 6.04 Å². The summed E-state index contributed by atoms with van der Waals surface area (Å²) in [7, 11) is 0. The van der Waals surface area contributed by atoms with Gasteiger partial charge in [-0.1, -0.05) is 42.5 Å². The zero-order valence-corrected chi connectivity index (χ0v) is 14.7. The van der Waals surface area contributed by atoms with Crippen LogP contribution in [0.5, 0.6) is 0 Å². The van der Waals surface area contributed by atoms with Gasteiger partial charge in [-0.3, -0.25) is 14.5 Å². The molecule has 134 valence electrons. The standard InChI is InChI=1S/C20H13FN2O3S/c21-14-8-6-12(7-9-14)16-15(17(24)13-4-2-1-3-5-13)18(25)19(26)23(16)20-22-10-11-27-20/h1-11,16,24H/b17-15-. The van der Waals surface area contributed by atoms with Gasteiger partial charge in [0.05, 0.1) is 11.6 Å². The lowest BCUT2D eigenvalue weighted by Crippen LogP contribution is -2.29. The van der Waals surface area contributed by atoms with Crippen molar-refractivity contribution >= 4 is 33.9 Å². The van der Waals surface area contributed by atoms with Crippen molar-refractivity contribution in [2.24, 2.45) is 0 Å². The normalized spacial score (nSPS) is 18.9. The molecule has 4 rings (SSSR count). The molecule has 1 atom stereocenters. The fourth-order valence-corrected chi connectivity index (χ4v) is 3.74. The van der Waals surface area contributed by atoms with Crippen LogP contribution in [0.2, 0.25) is 0 Å². The highest BCUT2D eigenvalue weighted by Crippen LogP contribution is 2.42. The first-order valence-electron chi connectivity index (χ1n) is 8.09. The van der Waals surface area contributed by atoms with E-state index in [0.29, 0.717) is 16.3 Å². The topological polar surface area (TPSA) is 70.5 Å². The lowest BCUT2D eigenvalue weighted by atomic mass is 9.95. The Morgan fingerprint density at radius 2 is 1.78 bits per heavy atom. The highest BCUT2D eigenvalue weighted by molar-refractivity contribution is 7.14. The molecule has 2 aromatic carbocycles. The van der Waals surface area contributed by atoms with E-state index in [2.05, 4.69) is 4.98 Å². The molecule has 1 amide bonds. The highest BCUT2D eigenvalue weighted by atomic mass is 32.1. The van der Waals surface area contributed by atoms with Gasteiger partial charge in [0.2, 0.25) is 0 Å². The minimum atomic E-state index is -0.892. The third kappa shape index (κ3) is 2.92. The molecule has 0 radical (unpaired) electrons. The number of aliphatic hydroxyl groups excluding tert-OH is 1. The minimum Gasteiger partial charge on any atom is -0.507 e. The highest BCUT2D eigenvalue weighted by Gasteiger charge is 2.47. The summed E-state index contributed by atoms with van der Waals surface area (Å²) in [6.07, 6.45) is 1.53. The van der Waals surface area contributed by atoms with Gasteiger partial charge in [0.15, 0.2) is 5.13 Å². The number of rotatable bonds is 3. The molecular formula is C20H13FN2O3S. The van der Waals surface area contributed by atoms with Crippen molar-refractivity contribution in [3.8, 4) is 0 Å². The Bertz CT molecular complexity index is 1030. The molecule has 5 nitrogen and oxygen atoms in total. The molecule has 1 fully saturated rings. The maximum Gasteiger partial charge on any atom is 0.301 e. The van der Waals surface area contributed by atoms with Crippen molar-refractivity contribution in [3.63, 3.8) is 0 Å². The van der Waals surface area contributed by atoms with E-state index in [4.69, 9.17) is 0 Å². The molecule has 7 heteroatoms. The van der Waals surface area contributed by atoms with E-state index in [-0.39, 0.29) is 11.3 Å². The van der Waals surface area contributed by atoms with Crippen molar-refractivity contribution in [3.05, 3.63) is 88.7 Å². The summed E-state index contributed by atoms with van der Waals surface area (Å²) in [5.74, 6) is -2.30. The Morgan fingerprint density at radius 1 is 1.07 bits per heavy atom. The predicted octanol–water partition coefficient (Wildman–Crippen LogP) is 3.91. The van der Waals surface area contributed by atoms with E-state index in [1.54, 1.807) is 35.7 Å². The Balaban J connectivity index is 1.94. The summed E-state index contributed by atoms with van der Waals surface area (Å²) in [4.78, 5) is 30.9. The molecule has 0 aliphatic carbocycles. The Morgan fingerprint density at radius 3 is 2.41 bits per heavy atom. The van der Waals surface area contributed by atoms with Gasteiger partial charge >= 0.3 is 5.91 Å². The molecule has 1 unspecified atom stereocenters. The largest absolute Gasteiger partial charge is 0.507 e. The molecule has 0 spiro atoms. The molecule has 27 heavy (non-hydrogen) atoms. The van der Waals surface area contributed by atoms with Gasteiger partial charge in [-0.25, -0.2) is 9.37 Å². The van der Waals surface area contributed by atoms with E-state index in [1.807, 2.05) is 0 Å². The summed E-state index contributed by atoms with van der Waals surface area (Å²) in [5.41, 5.74) is 0.873. The number of aliphatic hydroxyl groups is 1. The predicted molar refractivity (Wildman–Crippen MR) is 99.7 cm³/mol. The van der Waals surface area contributed by atoms with Gasteiger partial charge in [-0.2, -0.15) is 0 Å². The summed E-state index contributed by atoms with van der Waals surface area (Å²) in [6.45, 7) is 0. The van der Waals surface area contributed by atoms with Gasteiger partial charge < -0.3 is 5.11 Å². The fourth-order valence-electron chi connectivity index (χ4n) is 3.08. The summed E-state index contributed by atoms with van der Waals surface area (Å²) >= 11 is 1.20. The van der Waals surface area contributed by atoms with Crippen LogP contribution in [0.25, 0.3) is 5.76 Å². The number of benzene rings is 2. The number of carbonyl (C=O) groups is 2. The molecule has 0 bridgehead atoms. The number of halogens is 1. The van der Waals surface area contributed by atoms with Crippen molar-refractivity contribution in [2.75, 3.05) is 4.90 Å². The van der Waals surface area contributed by atoms with Crippen LogP contribution in [0.15, 0.2) is 71.7 Å². The van der Waals surface area contributed by atoms with Crippen molar-refractivity contribution < 1.29 is 19.1 Å². The van der Waals surface area contributed by atoms with Crippen LogP contribution in [0.1, 0.15) is 17.2 Å². The lowest BCUT2D eigenvalue weighted by molar-refractivity contribution is -0.132. The van der Waals surface area contributed by atoms with Crippen LogP contribution >= 0.6 is 11.3 Å². The molecule has 1 aliphatic rings. The smallest absolute Gasteiger partial charge is 0.301 e. The van der Waals surface area contributed by atoms with Crippen LogP contribution < -0.4 is 4.90 Å². The second-order valence-corrected chi connectivity index (χ2v) is 6.77.